The number of benzene rings is 2. The number of hydrogen-bond donors (Lipinski definition) is 2. The Morgan fingerprint density at radius 3 is 2.80 bits per heavy atom. The van der Waals surface area contributed by atoms with Crippen molar-refractivity contribution in [3.63, 3.8) is 0 Å². The van der Waals surface area contributed by atoms with E-state index in [1.807, 2.05) is 0 Å². The molecule has 0 spiro atoms. The molecule has 0 bridgehead atoms. The smallest absolute Gasteiger partial charge is 0.407 e. The van der Waals surface area contributed by atoms with E-state index in [4.69, 9.17) is 5.11 Å². The summed E-state index contributed by atoms with van der Waals surface area (Å²) < 4.78 is 14.8. The van der Waals surface area contributed by atoms with Gasteiger partial charge in [0.15, 0.2) is 0 Å². The van der Waals surface area contributed by atoms with Gasteiger partial charge >= 0.3 is 6.09 Å². The van der Waals surface area contributed by atoms with Gasteiger partial charge in [-0.15, -0.1) is 0 Å². The summed E-state index contributed by atoms with van der Waals surface area (Å²) in [6, 6.07) is 8.50. The highest BCUT2D eigenvalue weighted by Crippen LogP contribution is 2.33. The Hall–Kier alpha value is -3.40. The second-order valence-electron chi connectivity index (χ2n) is 5.88. The van der Waals surface area contributed by atoms with Crippen LogP contribution in [-0.2, 0) is 6.54 Å². The normalized spacial score (nSPS) is 10.6. The van der Waals surface area contributed by atoms with E-state index in [1.165, 1.54) is 13.1 Å². The highest BCUT2D eigenvalue weighted by atomic mass is 19.1. The zero-order valence-corrected chi connectivity index (χ0v) is 13.7. The van der Waals surface area contributed by atoms with Crippen molar-refractivity contribution in [2.24, 2.45) is 0 Å². The molecule has 1 aromatic heterocycles. The molecule has 1 heterocycles. The molecular weight excluding hydrogens is 323 g/mol. The molecule has 0 fully saturated rings. The fourth-order valence-corrected chi connectivity index (χ4v) is 2.88. The SMILES string of the molecule is Cc1cc(CN(C)C(=O)O)cc(F)c1-c1cc2cn[nH]c2cc1C#N. The predicted molar refractivity (Wildman–Crippen MR) is 90.4 cm³/mol. The van der Waals surface area contributed by atoms with Crippen LogP contribution in [0, 0.1) is 24.1 Å². The number of rotatable bonds is 3. The van der Waals surface area contributed by atoms with Crippen LogP contribution < -0.4 is 0 Å². The minimum absolute atomic E-state index is 0.0826. The summed E-state index contributed by atoms with van der Waals surface area (Å²) in [7, 11) is 1.42. The summed E-state index contributed by atoms with van der Waals surface area (Å²) in [5.41, 5.74) is 3.05. The topological polar surface area (TPSA) is 93.0 Å². The molecule has 2 aromatic carbocycles. The van der Waals surface area contributed by atoms with Crippen LogP contribution in [0.25, 0.3) is 22.0 Å². The molecule has 2 N–H and O–H groups in total. The third-order valence-corrected chi connectivity index (χ3v) is 4.06. The van der Waals surface area contributed by atoms with Gasteiger partial charge in [-0.1, -0.05) is 6.07 Å². The minimum atomic E-state index is -1.08. The molecule has 0 aliphatic heterocycles. The van der Waals surface area contributed by atoms with Crippen LogP contribution in [0.3, 0.4) is 0 Å². The van der Waals surface area contributed by atoms with Gasteiger partial charge in [-0.3, -0.25) is 5.10 Å². The lowest BCUT2D eigenvalue weighted by atomic mass is 9.93. The average Bonchev–Trinajstić information content (AvgIpc) is 3.00. The van der Waals surface area contributed by atoms with Gasteiger partial charge in [0.05, 0.1) is 23.3 Å². The first-order chi connectivity index (χ1) is 11.9. The Morgan fingerprint density at radius 1 is 1.40 bits per heavy atom. The van der Waals surface area contributed by atoms with Crippen molar-refractivity contribution >= 4 is 17.0 Å². The van der Waals surface area contributed by atoms with Crippen LogP contribution in [-0.4, -0.2) is 33.3 Å². The summed E-state index contributed by atoms with van der Waals surface area (Å²) in [5.74, 6) is -0.492. The molecular formula is C18H15FN4O2. The van der Waals surface area contributed by atoms with Gasteiger partial charge in [-0.2, -0.15) is 10.4 Å². The van der Waals surface area contributed by atoms with E-state index in [2.05, 4.69) is 16.3 Å². The number of carbonyl (C=O) groups is 1. The molecule has 7 heteroatoms. The number of aromatic amines is 1. The van der Waals surface area contributed by atoms with Gasteiger partial charge in [0.2, 0.25) is 0 Å². The number of aryl methyl sites for hydroxylation is 1. The van der Waals surface area contributed by atoms with Crippen molar-refractivity contribution in [3.05, 3.63) is 53.0 Å². The van der Waals surface area contributed by atoms with E-state index in [0.717, 1.165) is 10.3 Å². The maximum atomic E-state index is 14.8. The Labute approximate surface area is 143 Å². The molecule has 0 saturated heterocycles. The first-order valence-electron chi connectivity index (χ1n) is 7.51. The highest BCUT2D eigenvalue weighted by Gasteiger charge is 2.17. The van der Waals surface area contributed by atoms with Crippen molar-refractivity contribution in [2.45, 2.75) is 13.5 Å². The molecule has 25 heavy (non-hydrogen) atoms. The highest BCUT2D eigenvalue weighted by molar-refractivity contribution is 5.88. The first kappa shape index (κ1) is 16.5. The second kappa shape index (κ2) is 6.24. The van der Waals surface area contributed by atoms with Crippen LogP contribution in [0.4, 0.5) is 9.18 Å². The number of carboxylic acid groups (broad SMARTS) is 1. The standard InChI is InChI=1S/C18H15FN4O2/c1-10-3-11(9-23(2)18(24)25)4-15(19)17(10)14-5-13-8-21-22-16(13)6-12(14)7-20/h3-6,8H,9H2,1-2H3,(H,21,22)(H,24,25). The first-order valence-corrected chi connectivity index (χ1v) is 7.51. The van der Waals surface area contributed by atoms with E-state index in [-0.39, 0.29) is 6.54 Å². The van der Waals surface area contributed by atoms with Gasteiger partial charge in [-0.25, -0.2) is 9.18 Å². The van der Waals surface area contributed by atoms with Crippen molar-refractivity contribution in [1.82, 2.24) is 15.1 Å². The Kier molecular flexibility index (Phi) is 4.11. The number of amides is 1. The van der Waals surface area contributed by atoms with Crippen molar-refractivity contribution in [2.75, 3.05) is 7.05 Å². The van der Waals surface area contributed by atoms with Crippen molar-refractivity contribution < 1.29 is 14.3 Å². The molecule has 0 aliphatic rings. The van der Waals surface area contributed by atoms with Crippen LogP contribution >= 0.6 is 0 Å². The number of H-pyrrole nitrogens is 1. The number of fused-ring (bicyclic) bond motifs is 1. The lowest BCUT2D eigenvalue weighted by Gasteiger charge is -2.16. The van der Waals surface area contributed by atoms with E-state index < -0.39 is 11.9 Å². The van der Waals surface area contributed by atoms with Crippen LogP contribution in [0.1, 0.15) is 16.7 Å². The third kappa shape index (κ3) is 3.02. The molecule has 0 radical (unpaired) electrons. The Morgan fingerprint density at radius 2 is 2.16 bits per heavy atom. The van der Waals surface area contributed by atoms with Gasteiger partial charge in [0.1, 0.15) is 5.82 Å². The molecule has 0 unspecified atom stereocenters. The summed E-state index contributed by atoms with van der Waals surface area (Å²) in [5, 5.41) is 25.9. The zero-order chi connectivity index (χ0) is 18.1. The van der Waals surface area contributed by atoms with E-state index in [0.29, 0.717) is 33.3 Å². The average molecular weight is 338 g/mol. The van der Waals surface area contributed by atoms with Crippen LogP contribution in [0.2, 0.25) is 0 Å². The molecule has 0 saturated carbocycles. The van der Waals surface area contributed by atoms with Gasteiger partial charge < -0.3 is 10.0 Å². The number of nitrogens with zero attached hydrogens (tertiary/aromatic N) is 3. The van der Waals surface area contributed by atoms with E-state index in [1.54, 1.807) is 31.3 Å². The lowest BCUT2D eigenvalue weighted by molar-refractivity contribution is 0.153. The Bertz CT molecular complexity index is 997. The molecule has 0 atom stereocenters. The zero-order valence-electron chi connectivity index (χ0n) is 13.7. The predicted octanol–water partition coefficient (Wildman–Crippen LogP) is 3.66. The third-order valence-electron chi connectivity index (χ3n) is 4.06. The fraction of sp³-hybridized carbons (Fsp3) is 0.167. The number of nitrogens with one attached hydrogen (secondary N) is 1. The monoisotopic (exact) mass is 338 g/mol. The summed E-state index contributed by atoms with van der Waals surface area (Å²) >= 11 is 0. The summed E-state index contributed by atoms with van der Waals surface area (Å²) in [4.78, 5) is 12.0. The molecule has 3 rings (SSSR count). The van der Waals surface area contributed by atoms with Crippen molar-refractivity contribution in [3.8, 4) is 17.2 Å². The fourth-order valence-electron chi connectivity index (χ4n) is 2.88. The van der Waals surface area contributed by atoms with E-state index in [9.17, 15) is 14.4 Å². The van der Waals surface area contributed by atoms with Crippen molar-refractivity contribution in [1.29, 1.82) is 5.26 Å². The Balaban J connectivity index is 2.12. The number of halogens is 1. The molecule has 1 amide bonds. The summed E-state index contributed by atoms with van der Waals surface area (Å²) in [6.07, 6.45) is 0.531. The maximum Gasteiger partial charge on any atom is 0.407 e. The van der Waals surface area contributed by atoms with Gasteiger partial charge in [0, 0.05) is 30.1 Å². The van der Waals surface area contributed by atoms with Crippen LogP contribution in [0.5, 0.6) is 0 Å². The number of aromatic nitrogens is 2. The van der Waals surface area contributed by atoms with E-state index >= 15 is 0 Å². The molecule has 0 aliphatic carbocycles. The van der Waals surface area contributed by atoms with Crippen LogP contribution in [0.15, 0.2) is 30.5 Å². The lowest BCUT2D eigenvalue weighted by Crippen LogP contribution is -2.24. The maximum absolute atomic E-state index is 14.8. The van der Waals surface area contributed by atoms with Gasteiger partial charge in [-0.05, 0) is 36.2 Å². The summed E-state index contributed by atoms with van der Waals surface area (Å²) in [6.45, 7) is 1.82. The second-order valence-corrected chi connectivity index (χ2v) is 5.88. The largest absolute Gasteiger partial charge is 0.465 e. The molecule has 6 nitrogen and oxygen atoms in total. The quantitative estimate of drug-likeness (QED) is 0.762. The van der Waals surface area contributed by atoms with Gasteiger partial charge in [0.25, 0.3) is 0 Å². The molecule has 3 aromatic rings. The number of hydrogen-bond acceptors (Lipinski definition) is 3. The number of nitriles is 1. The minimum Gasteiger partial charge on any atom is -0.465 e. The molecule has 126 valence electrons.